The predicted octanol–water partition coefficient (Wildman–Crippen LogP) is 2.74. The highest BCUT2D eigenvalue weighted by molar-refractivity contribution is 7.90. The minimum Gasteiger partial charge on any atom is -0.338 e. The molecule has 0 aliphatic heterocycles. The molecule has 6 nitrogen and oxygen atoms in total. The molecule has 0 radical (unpaired) electrons. The number of hydrogen-bond acceptors (Lipinski definition) is 6. The van der Waals surface area contributed by atoms with Crippen LogP contribution in [0.4, 0.5) is 11.5 Å². The summed E-state index contributed by atoms with van der Waals surface area (Å²) in [7, 11) is -3.67. The van der Waals surface area contributed by atoms with Crippen LogP contribution in [0.2, 0.25) is 10.2 Å². The van der Waals surface area contributed by atoms with Crippen molar-refractivity contribution in [2.45, 2.75) is 5.16 Å². The summed E-state index contributed by atoms with van der Waals surface area (Å²) >= 11 is 11.8. The molecule has 21 heavy (non-hydrogen) atoms. The molecule has 0 atom stereocenters. The van der Waals surface area contributed by atoms with Crippen LogP contribution in [-0.2, 0) is 9.84 Å². The van der Waals surface area contributed by atoms with Crippen molar-refractivity contribution in [1.29, 1.82) is 0 Å². The van der Waals surface area contributed by atoms with Crippen molar-refractivity contribution >= 4 is 50.8 Å². The Kier molecular flexibility index (Phi) is 4.46. The first kappa shape index (κ1) is 15.7. The van der Waals surface area contributed by atoms with Gasteiger partial charge in [-0.05, 0) is 12.1 Å². The molecule has 0 spiro atoms. The lowest BCUT2D eigenvalue weighted by molar-refractivity contribution is 0.112. The number of nitrogens with zero attached hydrogens (tertiary/aromatic N) is 2. The van der Waals surface area contributed by atoms with E-state index in [4.69, 9.17) is 23.2 Å². The van der Waals surface area contributed by atoms with Gasteiger partial charge in [-0.25, -0.2) is 13.4 Å². The Morgan fingerprint density at radius 2 is 1.86 bits per heavy atom. The van der Waals surface area contributed by atoms with Crippen molar-refractivity contribution < 1.29 is 13.2 Å². The van der Waals surface area contributed by atoms with Crippen molar-refractivity contribution in [2.75, 3.05) is 11.6 Å². The monoisotopic (exact) mass is 345 g/mol. The van der Waals surface area contributed by atoms with Gasteiger partial charge in [-0.3, -0.25) is 4.79 Å². The van der Waals surface area contributed by atoms with Crippen molar-refractivity contribution in [3.8, 4) is 0 Å². The molecule has 0 fully saturated rings. The number of benzene rings is 1. The van der Waals surface area contributed by atoms with Gasteiger partial charge in [0.15, 0.2) is 6.29 Å². The normalized spacial score (nSPS) is 11.2. The lowest BCUT2D eigenvalue weighted by Gasteiger charge is -2.11. The molecular weight excluding hydrogens is 337 g/mol. The van der Waals surface area contributed by atoms with Crippen LogP contribution in [0.5, 0.6) is 0 Å². The summed E-state index contributed by atoms with van der Waals surface area (Å²) in [5.41, 5.74) is 0.403. The van der Waals surface area contributed by atoms with Crippen LogP contribution in [0.15, 0.2) is 29.4 Å². The van der Waals surface area contributed by atoms with E-state index in [1.165, 1.54) is 0 Å². The van der Waals surface area contributed by atoms with E-state index in [1.807, 2.05) is 0 Å². The average Bonchev–Trinajstić information content (AvgIpc) is 2.40. The number of nitrogens with one attached hydrogen (secondary N) is 1. The molecule has 1 aromatic heterocycles. The minimum atomic E-state index is -3.67. The van der Waals surface area contributed by atoms with E-state index in [2.05, 4.69) is 15.3 Å². The fourth-order valence-electron chi connectivity index (χ4n) is 1.48. The molecule has 1 heterocycles. The van der Waals surface area contributed by atoms with Gasteiger partial charge in [0.05, 0.1) is 16.3 Å². The summed E-state index contributed by atoms with van der Waals surface area (Å²) < 4.78 is 23.1. The Labute approximate surface area is 131 Å². The summed E-state index contributed by atoms with van der Waals surface area (Å²) in [6, 6.07) is 6.72. The Balaban J connectivity index is 2.59. The van der Waals surface area contributed by atoms with Crippen LogP contribution in [0.25, 0.3) is 0 Å². The van der Waals surface area contributed by atoms with Crippen LogP contribution >= 0.6 is 23.2 Å². The summed E-state index contributed by atoms with van der Waals surface area (Å²) in [6.07, 6.45) is 1.38. The first-order valence-electron chi connectivity index (χ1n) is 5.57. The van der Waals surface area contributed by atoms with Crippen molar-refractivity contribution in [1.82, 2.24) is 9.97 Å². The molecule has 0 unspecified atom stereocenters. The van der Waals surface area contributed by atoms with Gasteiger partial charge in [-0.2, -0.15) is 4.98 Å². The van der Waals surface area contributed by atoms with E-state index < -0.39 is 15.0 Å². The molecular formula is C12H9Cl2N3O3S. The van der Waals surface area contributed by atoms with E-state index in [-0.39, 0.29) is 16.5 Å². The zero-order valence-electron chi connectivity index (χ0n) is 10.7. The van der Waals surface area contributed by atoms with Gasteiger partial charge in [0.25, 0.3) is 0 Å². The average molecular weight is 346 g/mol. The molecule has 0 saturated heterocycles. The van der Waals surface area contributed by atoms with Gasteiger partial charge in [-0.15, -0.1) is 0 Å². The molecule has 110 valence electrons. The molecule has 0 aliphatic carbocycles. The van der Waals surface area contributed by atoms with Gasteiger partial charge < -0.3 is 5.32 Å². The number of halogens is 2. The van der Waals surface area contributed by atoms with Gasteiger partial charge in [-0.1, -0.05) is 35.3 Å². The van der Waals surface area contributed by atoms with E-state index in [1.54, 1.807) is 24.3 Å². The second kappa shape index (κ2) is 5.97. The number of sulfone groups is 1. The number of para-hydroxylation sites is 1. The third-order valence-corrected chi connectivity index (χ3v) is 3.92. The lowest BCUT2D eigenvalue weighted by Crippen LogP contribution is -2.09. The first-order chi connectivity index (χ1) is 9.82. The first-order valence-corrected chi connectivity index (χ1v) is 8.22. The second-order valence-electron chi connectivity index (χ2n) is 4.05. The summed E-state index contributed by atoms with van der Waals surface area (Å²) in [4.78, 5) is 18.5. The van der Waals surface area contributed by atoms with Gasteiger partial charge in [0.2, 0.25) is 15.0 Å². The predicted molar refractivity (Wildman–Crippen MR) is 80.3 cm³/mol. The molecule has 0 saturated carbocycles. The highest BCUT2D eigenvalue weighted by atomic mass is 35.5. The highest BCUT2D eigenvalue weighted by Crippen LogP contribution is 2.28. The van der Waals surface area contributed by atoms with Crippen LogP contribution in [-0.4, -0.2) is 30.9 Å². The van der Waals surface area contributed by atoms with E-state index in [0.717, 1.165) is 6.26 Å². The fraction of sp³-hybridized carbons (Fsp3) is 0.0833. The van der Waals surface area contributed by atoms with Gasteiger partial charge in [0.1, 0.15) is 11.0 Å². The third-order valence-electron chi connectivity index (χ3n) is 2.46. The van der Waals surface area contributed by atoms with Crippen molar-refractivity contribution in [3.05, 3.63) is 40.0 Å². The van der Waals surface area contributed by atoms with Crippen LogP contribution in [0, 0.1) is 0 Å². The fourth-order valence-corrected chi connectivity index (χ4v) is 2.44. The number of hydrogen-bond donors (Lipinski definition) is 1. The van der Waals surface area contributed by atoms with E-state index >= 15 is 0 Å². The number of anilines is 2. The zero-order valence-corrected chi connectivity index (χ0v) is 13.0. The maximum atomic E-state index is 11.5. The Hall–Kier alpha value is -1.70. The van der Waals surface area contributed by atoms with Crippen LogP contribution in [0.1, 0.15) is 10.4 Å². The topological polar surface area (TPSA) is 89.0 Å². The number of carbonyl (C=O) groups excluding carboxylic acids is 1. The number of carbonyl (C=O) groups is 1. The Bertz CT molecular complexity index is 809. The molecule has 9 heteroatoms. The Morgan fingerprint density at radius 1 is 1.19 bits per heavy atom. The molecule has 0 amide bonds. The summed E-state index contributed by atoms with van der Waals surface area (Å²) in [6.45, 7) is 0. The Morgan fingerprint density at radius 3 is 2.43 bits per heavy atom. The van der Waals surface area contributed by atoms with E-state index in [0.29, 0.717) is 17.0 Å². The highest BCUT2D eigenvalue weighted by Gasteiger charge is 2.19. The summed E-state index contributed by atoms with van der Waals surface area (Å²) in [5.74, 6) is -0.0291. The number of aromatic nitrogens is 2. The maximum Gasteiger partial charge on any atom is 0.250 e. The van der Waals surface area contributed by atoms with Crippen molar-refractivity contribution in [2.24, 2.45) is 0 Å². The summed E-state index contributed by atoms with van der Waals surface area (Å²) in [5, 5.41) is 2.43. The quantitative estimate of drug-likeness (QED) is 0.520. The number of rotatable bonds is 4. The molecule has 2 rings (SSSR count). The third kappa shape index (κ3) is 3.49. The van der Waals surface area contributed by atoms with Gasteiger partial charge >= 0.3 is 0 Å². The maximum absolute atomic E-state index is 11.5. The molecule has 0 bridgehead atoms. The SMILES string of the molecule is CS(=O)(=O)c1nc(Cl)c(C=O)c(Nc2ccccc2Cl)n1. The molecule has 0 aliphatic rings. The van der Waals surface area contributed by atoms with Crippen LogP contribution in [0.3, 0.4) is 0 Å². The number of aldehydes is 1. The molecule has 1 aromatic carbocycles. The van der Waals surface area contributed by atoms with Gasteiger partial charge in [0, 0.05) is 6.26 Å². The largest absolute Gasteiger partial charge is 0.338 e. The molecule has 2 aromatic rings. The van der Waals surface area contributed by atoms with Crippen molar-refractivity contribution in [3.63, 3.8) is 0 Å². The lowest BCUT2D eigenvalue weighted by atomic mass is 10.3. The molecule has 1 N–H and O–H groups in total. The smallest absolute Gasteiger partial charge is 0.250 e. The standard InChI is InChI=1S/C12H9Cl2N3O3S/c1-21(19,20)12-16-10(14)7(6-18)11(17-12)15-9-5-3-2-4-8(9)13/h2-6H,1H3,(H,15,16,17). The zero-order chi connectivity index (χ0) is 15.6. The van der Waals surface area contributed by atoms with Crippen LogP contribution < -0.4 is 5.32 Å². The minimum absolute atomic E-state index is 0.0291. The second-order valence-corrected chi connectivity index (χ2v) is 6.73. The van der Waals surface area contributed by atoms with E-state index in [9.17, 15) is 13.2 Å².